The summed E-state index contributed by atoms with van der Waals surface area (Å²) in [7, 11) is 1.67. The van der Waals surface area contributed by atoms with Crippen LogP contribution in [0.2, 0.25) is 5.02 Å². The minimum atomic E-state index is -0.0761. The first-order chi connectivity index (χ1) is 13.7. The van der Waals surface area contributed by atoms with Gasteiger partial charge in [0, 0.05) is 54.0 Å². The highest BCUT2D eigenvalue weighted by atomic mass is 35.5. The number of hydrogen-bond donors (Lipinski definition) is 2. The molecule has 28 heavy (non-hydrogen) atoms. The molecule has 0 fully saturated rings. The molecule has 0 aromatic heterocycles. The van der Waals surface area contributed by atoms with E-state index < -0.39 is 0 Å². The van der Waals surface area contributed by atoms with Crippen molar-refractivity contribution in [1.29, 1.82) is 0 Å². The molecule has 0 saturated carbocycles. The molecular weight excluding hydrogens is 376 g/mol. The Morgan fingerprint density at radius 3 is 3.07 bits per heavy atom. The average Bonchev–Trinajstić information content (AvgIpc) is 3.18. The lowest BCUT2D eigenvalue weighted by molar-refractivity contribution is 0.0477. The molecule has 146 valence electrons. The van der Waals surface area contributed by atoms with Crippen LogP contribution in [0.4, 0.5) is 0 Å². The van der Waals surface area contributed by atoms with Crippen molar-refractivity contribution in [3.63, 3.8) is 0 Å². The van der Waals surface area contributed by atoms with Crippen molar-refractivity contribution in [3.8, 4) is 0 Å². The lowest BCUT2D eigenvalue weighted by atomic mass is 10.1. The number of fused-ring (bicyclic) bond motifs is 1. The second kappa shape index (κ2) is 8.12. The zero-order valence-electron chi connectivity index (χ0n) is 15.9. The number of nitrogens with one attached hydrogen (secondary N) is 2. The summed E-state index contributed by atoms with van der Waals surface area (Å²) in [6.45, 7) is 2.63. The molecule has 2 atom stereocenters. The van der Waals surface area contributed by atoms with E-state index in [9.17, 15) is 0 Å². The first kappa shape index (κ1) is 18.7. The van der Waals surface area contributed by atoms with Gasteiger partial charge < -0.3 is 25.0 Å². The number of nitrogens with zero attached hydrogens (tertiary/aromatic N) is 2. The first-order valence-electron chi connectivity index (χ1n) is 9.29. The van der Waals surface area contributed by atoms with Crippen molar-refractivity contribution in [1.82, 2.24) is 15.5 Å². The maximum atomic E-state index is 6.16. The van der Waals surface area contributed by atoms with Gasteiger partial charge in [-0.3, -0.25) is 0 Å². The van der Waals surface area contributed by atoms with Crippen LogP contribution in [0.1, 0.15) is 18.9 Å². The van der Waals surface area contributed by atoms with Crippen molar-refractivity contribution in [2.24, 2.45) is 4.99 Å². The number of aliphatic imine (C=N–C) groups is 1. The van der Waals surface area contributed by atoms with E-state index in [1.165, 1.54) is 0 Å². The van der Waals surface area contributed by atoms with Gasteiger partial charge in [-0.1, -0.05) is 29.8 Å². The van der Waals surface area contributed by atoms with Gasteiger partial charge in [0.1, 0.15) is 11.9 Å². The number of hydrogen-bond acceptors (Lipinski definition) is 6. The molecule has 0 amide bonds. The van der Waals surface area contributed by atoms with Crippen molar-refractivity contribution in [2.75, 3.05) is 13.7 Å². The Labute approximate surface area is 169 Å². The Kier molecular flexibility index (Phi) is 5.41. The lowest BCUT2D eigenvalue weighted by Gasteiger charge is -2.30. The minimum absolute atomic E-state index is 0.0430. The molecule has 2 unspecified atom stereocenters. The van der Waals surface area contributed by atoms with Crippen LogP contribution in [-0.2, 0) is 9.47 Å². The number of ether oxygens (including phenoxy) is 2. The largest absolute Gasteiger partial charge is 0.498 e. The molecule has 2 aliphatic heterocycles. The maximum Gasteiger partial charge on any atom is 0.162 e. The summed E-state index contributed by atoms with van der Waals surface area (Å²) in [5.41, 5.74) is 2.74. The van der Waals surface area contributed by atoms with E-state index >= 15 is 0 Å². The number of halogens is 1. The highest BCUT2D eigenvalue weighted by Crippen LogP contribution is 2.27. The molecule has 2 heterocycles. The van der Waals surface area contributed by atoms with E-state index in [1.807, 2.05) is 55.9 Å². The van der Waals surface area contributed by atoms with Crippen molar-refractivity contribution in [2.45, 2.75) is 25.6 Å². The molecule has 0 spiro atoms. The molecule has 0 saturated heterocycles. The van der Waals surface area contributed by atoms with E-state index in [1.54, 1.807) is 7.11 Å². The quantitative estimate of drug-likeness (QED) is 0.794. The van der Waals surface area contributed by atoms with Gasteiger partial charge in [0.25, 0.3) is 0 Å². The van der Waals surface area contributed by atoms with Crippen LogP contribution in [0.25, 0.3) is 5.70 Å². The van der Waals surface area contributed by atoms with Crippen LogP contribution in [0.15, 0.2) is 71.5 Å². The molecule has 4 rings (SSSR count). The molecule has 1 aromatic rings. The van der Waals surface area contributed by atoms with Gasteiger partial charge in [-0.25, -0.2) is 4.99 Å². The summed E-state index contributed by atoms with van der Waals surface area (Å²) in [5, 5.41) is 7.45. The third-order valence-electron chi connectivity index (χ3n) is 4.73. The Bertz CT molecular complexity index is 903. The fourth-order valence-electron chi connectivity index (χ4n) is 3.41. The predicted octanol–water partition coefficient (Wildman–Crippen LogP) is 3.57. The third kappa shape index (κ3) is 3.79. The molecule has 2 N–H and O–H groups in total. The van der Waals surface area contributed by atoms with E-state index in [4.69, 9.17) is 26.1 Å². The standard InChI is InChI=1S/C21H23ClN4O2/c1-3-28-18-8-7-16(12-19(18)27-2)24-20-21-23-9-10-26(21)13-17(25-20)14-5-4-6-15(22)11-14/h4-7,9-13,18,21,23H,3,8H2,1-2H3,(H,24,25). The van der Waals surface area contributed by atoms with Gasteiger partial charge in [0.05, 0.1) is 12.8 Å². The van der Waals surface area contributed by atoms with E-state index in [-0.39, 0.29) is 12.3 Å². The second-order valence-electron chi connectivity index (χ2n) is 6.57. The van der Waals surface area contributed by atoms with Crippen molar-refractivity contribution >= 4 is 23.1 Å². The number of allylic oxidation sites excluding steroid dienone is 1. The summed E-state index contributed by atoms with van der Waals surface area (Å²) in [4.78, 5) is 6.94. The summed E-state index contributed by atoms with van der Waals surface area (Å²) in [6.07, 6.45) is 10.6. The van der Waals surface area contributed by atoms with Crippen molar-refractivity contribution in [3.05, 3.63) is 77.1 Å². The van der Waals surface area contributed by atoms with Crippen LogP contribution >= 0.6 is 11.6 Å². The lowest BCUT2D eigenvalue weighted by Crippen LogP contribution is -2.48. The molecule has 0 bridgehead atoms. The Morgan fingerprint density at radius 1 is 1.39 bits per heavy atom. The number of amidine groups is 1. The fourth-order valence-corrected chi connectivity index (χ4v) is 3.60. The molecular formula is C21H23ClN4O2. The van der Waals surface area contributed by atoms with Crippen molar-refractivity contribution < 1.29 is 9.47 Å². The molecule has 7 heteroatoms. The predicted molar refractivity (Wildman–Crippen MR) is 111 cm³/mol. The molecule has 0 radical (unpaired) electrons. The van der Waals surface area contributed by atoms with E-state index in [0.717, 1.165) is 35.0 Å². The highest BCUT2D eigenvalue weighted by Gasteiger charge is 2.29. The molecule has 6 nitrogen and oxygen atoms in total. The van der Waals surface area contributed by atoms with Gasteiger partial charge in [-0.15, -0.1) is 0 Å². The Morgan fingerprint density at radius 2 is 2.29 bits per heavy atom. The third-order valence-corrected chi connectivity index (χ3v) is 4.97. The molecule has 3 aliphatic rings. The number of rotatable bonds is 5. The maximum absolute atomic E-state index is 6.16. The second-order valence-corrected chi connectivity index (χ2v) is 7.01. The summed E-state index contributed by atoms with van der Waals surface area (Å²) in [5.74, 6) is 1.61. The van der Waals surface area contributed by atoms with E-state index in [2.05, 4.69) is 21.6 Å². The SMILES string of the molecule is CCOC1CC=C(NC2=NC(c3cccc(Cl)c3)=CN3C=CNC23)C=C1OC. The monoisotopic (exact) mass is 398 g/mol. The van der Waals surface area contributed by atoms with Gasteiger partial charge in [-0.05, 0) is 19.1 Å². The Hall–Kier alpha value is -2.70. The smallest absolute Gasteiger partial charge is 0.162 e. The van der Waals surface area contributed by atoms with E-state index in [0.29, 0.717) is 11.6 Å². The van der Waals surface area contributed by atoms with Crippen LogP contribution in [0.3, 0.4) is 0 Å². The van der Waals surface area contributed by atoms with Gasteiger partial charge in [-0.2, -0.15) is 0 Å². The summed E-state index contributed by atoms with van der Waals surface area (Å²) >= 11 is 6.16. The van der Waals surface area contributed by atoms with Gasteiger partial charge in [0.15, 0.2) is 12.0 Å². The Balaban J connectivity index is 1.60. The van der Waals surface area contributed by atoms with Gasteiger partial charge >= 0.3 is 0 Å². The summed E-state index contributed by atoms with van der Waals surface area (Å²) in [6, 6.07) is 7.70. The summed E-state index contributed by atoms with van der Waals surface area (Å²) < 4.78 is 11.2. The zero-order chi connectivity index (χ0) is 19.5. The topological polar surface area (TPSA) is 58.1 Å². The molecule has 1 aromatic carbocycles. The normalized spacial score (nSPS) is 23.2. The van der Waals surface area contributed by atoms with Crippen LogP contribution in [-0.4, -0.2) is 36.7 Å². The zero-order valence-corrected chi connectivity index (χ0v) is 16.6. The number of benzene rings is 1. The van der Waals surface area contributed by atoms with Crippen LogP contribution in [0.5, 0.6) is 0 Å². The fraction of sp³-hybridized carbons (Fsp3) is 0.286. The van der Waals surface area contributed by atoms with Crippen LogP contribution in [0, 0.1) is 0 Å². The number of methoxy groups -OCH3 is 1. The molecule has 1 aliphatic carbocycles. The van der Waals surface area contributed by atoms with Crippen LogP contribution < -0.4 is 10.6 Å². The minimum Gasteiger partial charge on any atom is -0.498 e. The van der Waals surface area contributed by atoms with Gasteiger partial charge in [0.2, 0.25) is 0 Å². The highest BCUT2D eigenvalue weighted by molar-refractivity contribution is 6.30. The average molecular weight is 399 g/mol. The first-order valence-corrected chi connectivity index (χ1v) is 9.66.